The van der Waals surface area contributed by atoms with Crippen molar-refractivity contribution in [1.82, 2.24) is 9.80 Å². The summed E-state index contributed by atoms with van der Waals surface area (Å²) in [4.78, 5) is 30.4. The van der Waals surface area contributed by atoms with Crippen LogP contribution in [-0.2, 0) is 20.7 Å². The third kappa shape index (κ3) is 4.37. The second-order valence-electron chi connectivity index (χ2n) is 7.87. The first-order valence-electron chi connectivity index (χ1n) is 10.4. The molecular formula is C23H28N2O4. The standard InChI is InChI=1S/C23H28N2O4/c1-17-6-8-18(9-7-17)20(16-19-4-3-13-29-19)22(26)25-10-2-5-21(25)23(27)24-11-14-28-15-12-24/h3-4,6-9,13,20-21H,2,5,10-12,14-16H2,1H3/t20?,21-/m0/s1. The van der Waals surface area contributed by atoms with Crippen LogP contribution in [0, 0.1) is 6.92 Å². The minimum absolute atomic E-state index is 0.00867. The molecule has 154 valence electrons. The Hall–Kier alpha value is -2.60. The van der Waals surface area contributed by atoms with Gasteiger partial charge in [-0.2, -0.15) is 0 Å². The number of ether oxygens (including phenoxy) is 1. The molecule has 6 nitrogen and oxygen atoms in total. The first-order valence-corrected chi connectivity index (χ1v) is 10.4. The number of aryl methyl sites for hydroxylation is 1. The molecular weight excluding hydrogens is 368 g/mol. The summed E-state index contributed by atoms with van der Waals surface area (Å²) in [6.07, 6.45) is 3.70. The predicted octanol–water partition coefficient (Wildman–Crippen LogP) is 2.76. The molecule has 0 spiro atoms. The summed E-state index contributed by atoms with van der Waals surface area (Å²) < 4.78 is 10.9. The molecule has 0 bridgehead atoms. The normalized spacial score (nSPS) is 20.7. The smallest absolute Gasteiger partial charge is 0.245 e. The Labute approximate surface area is 171 Å². The highest BCUT2D eigenvalue weighted by molar-refractivity contribution is 5.91. The zero-order valence-corrected chi connectivity index (χ0v) is 16.9. The number of carbonyl (C=O) groups is 2. The van der Waals surface area contributed by atoms with Crippen molar-refractivity contribution in [3.8, 4) is 0 Å². The molecule has 0 N–H and O–H groups in total. The highest BCUT2D eigenvalue weighted by atomic mass is 16.5. The molecule has 2 aromatic rings. The highest BCUT2D eigenvalue weighted by Crippen LogP contribution is 2.29. The lowest BCUT2D eigenvalue weighted by Crippen LogP contribution is -2.51. The number of carbonyl (C=O) groups excluding carboxylic acids is 2. The molecule has 6 heteroatoms. The number of morpholine rings is 1. The average molecular weight is 396 g/mol. The summed E-state index contributed by atoms with van der Waals surface area (Å²) in [5, 5.41) is 0. The Morgan fingerprint density at radius 3 is 2.55 bits per heavy atom. The van der Waals surface area contributed by atoms with Gasteiger partial charge in [-0.15, -0.1) is 0 Å². The van der Waals surface area contributed by atoms with Gasteiger partial charge in [-0.3, -0.25) is 9.59 Å². The van der Waals surface area contributed by atoms with Crippen molar-refractivity contribution in [2.45, 2.75) is 38.1 Å². The van der Waals surface area contributed by atoms with Crippen molar-refractivity contribution in [3.05, 3.63) is 59.5 Å². The number of likely N-dealkylation sites (tertiary alicyclic amines) is 1. The van der Waals surface area contributed by atoms with Crippen LogP contribution in [0.5, 0.6) is 0 Å². The summed E-state index contributed by atoms with van der Waals surface area (Å²) in [5.41, 5.74) is 2.11. The summed E-state index contributed by atoms with van der Waals surface area (Å²) in [5.74, 6) is 0.480. The highest BCUT2D eigenvalue weighted by Gasteiger charge is 2.39. The van der Waals surface area contributed by atoms with Crippen LogP contribution in [0.4, 0.5) is 0 Å². The van der Waals surface area contributed by atoms with E-state index in [-0.39, 0.29) is 23.8 Å². The van der Waals surface area contributed by atoms with E-state index >= 15 is 0 Å². The van der Waals surface area contributed by atoms with E-state index in [4.69, 9.17) is 9.15 Å². The SMILES string of the molecule is Cc1ccc(C(Cc2ccco2)C(=O)N2CCC[C@H]2C(=O)N2CCOCC2)cc1. The number of hydrogen-bond donors (Lipinski definition) is 0. The molecule has 29 heavy (non-hydrogen) atoms. The van der Waals surface area contributed by atoms with Crippen LogP contribution in [-0.4, -0.2) is 60.5 Å². The molecule has 0 aliphatic carbocycles. The van der Waals surface area contributed by atoms with E-state index in [1.165, 1.54) is 0 Å². The zero-order chi connectivity index (χ0) is 20.2. The lowest BCUT2D eigenvalue weighted by Gasteiger charge is -2.34. The number of benzene rings is 1. The molecule has 2 atom stereocenters. The van der Waals surface area contributed by atoms with E-state index in [0.717, 1.165) is 29.7 Å². The second kappa shape index (κ2) is 8.82. The largest absolute Gasteiger partial charge is 0.469 e. The van der Waals surface area contributed by atoms with Crippen LogP contribution in [0.15, 0.2) is 47.1 Å². The van der Waals surface area contributed by atoms with E-state index < -0.39 is 0 Å². The van der Waals surface area contributed by atoms with E-state index in [2.05, 4.69) is 0 Å². The molecule has 2 fully saturated rings. The molecule has 2 amide bonds. The van der Waals surface area contributed by atoms with Gasteiger partial charge < -0.3 is 19.0 Å². The molecule has 2 aliphatic heterocycles. The van der Waals surface area contributed by atoms with Crippen LogP contribution in [0.1, 0.15) is 35.6 Å². The number of amides is 2. The van der Waals surface area contributed by atoms with Crippen LogP contribution >= 0.6 is 0 Å². The molecule has 2 saturated heterocycles. The first kappa shape index (κ1) is 19.7. The van der Waals surface area contributed by atoms with Crippen LogP contribution in [0.25, 0.3) is 0 Å². The molecule has 1 aromatic carbocycles. The monoisotopic (exact) mass is 396 g/mol. The predicted molar refractivity (Wildman–Crippen MR) is 108 cm³/mol. The number of rotatable bonds is 5. The van der Waals surface area contributed by atoms with Gasteiger partial charge in [-0.1, -0.05) is 29.8 Å². The van der Waals surface area contributed by atoms with Gasteiger partial charge in [-0.05, 0) is 37.5 Å². The Kier molecular flexibility index (Phi) is 6.00. The van der Waals surface area contributed by atoms with Gasteiger partial charge in [0.25, 0.3) is 0 Å². The van der Waals surface area contributed by atoms with Crippen molar-refractivity contribution in [2.24, 2.45) is 0 Å². The molecule has 0 saturated carbocycles. The van der Waals surface area contributed by atoms with Gasteiger partial charge in [-0.25, -0.2) is 0 Å². The maximum Gasteiger partial charge on any atom is 0.245 e. The maximum atomic E-state index is 13.6. The molecule has 0 radical (unpaired) electrons. The Balaban J connectivity index is 1.56. The van der Waals surface area contributed by atoms with Gasteiger partial charge in [0.15, 0.2) is 0 Å². The molecule has 1 aromatic heterocycles. The fourth-order valence-electron chi connectivity index (χ4n) is 4.26. The Morgan fingerprint density at radius 1 is 1.10 bits per heavy atom. The Bertz CT molecular complexity index is 825. The second-order valence-corrected chi connectivity index (χ2v) is 7.87. The maximum absolute atomic E-state index is 13.6. The van der Waals surface area contributed by atoms with E-state index in [0.29, 0.717) is 39.3 Å². The summed E-state index contributed by atoms with van der Waals surface area (Å²) in [7, 11) is 0. The van der Waals surface area contributed by atoms with E-state index in [9.17, 15) is 9.59 Å². The van der Waals surface area contributed by atoms with Crippen LogP contribution < -0.4 is 0 Å². The van der Waals surface area contributed by atoms with Crippen LogP contribution in [0.3, 0.4) is 0 Å². The number of furan rings is 1. The van der Waals surface area contributed by atoms with Gasteiger partial charge in [0.1, 0.15) is 11.8 Å². The van der Waals surface area contributed by atoms with Crippen molar-refractivity contribution in [2.75, 3.05) is 32.8 Å². The summed E-state index contributed by atoms with van der Waals surface area (Å²) >= 11 is 0. The Morgan fingerprint density at radius 2 is 1.86 bits per heavy atom. The van der Waals surface area contributed by atoms with Gasteiger partial charge in [0.2, 0.25) is 11.8 Å². The topological polar surface area (TPSA) is 63.0 Å². The zero-order valence-electron chi connectivity index (χ0n) is 16.9. The van der Waals surface area contributed by atoms with Gasteiger partial charge in [0, 0.05) is 26.1 Å². The van der Waals surface area contributed by atoms with Gasteiger partial charge in [0.05, 0.1) is 25.4 Å². The van der Waals surface area contributed by atoms with E-state index in [1.54, 1.807) is 11.2 Å². The van der Waals surface area contributed by atoms with E-state index in [1.807, 2.05) is 48.2 Å². The van der Waals surface area contributed by atoms with Crippen LogP contribution in [0.2, 0.25) is 0 Å². The number of hydrogen-bond acceptors (Lipinski definition) is 4. The third-order valence-electron chi connectivity index (χ3n) is 5.91. The van der Waals surface area contributed by atoms with Crippen molar-refractivity contribution in [1.29, 1.82) is 0 Å². The first-order chi connectivity index (χ1) is 14.1. The summed E-state index contributed by atoms with van der Waals surface area (Å²) in [6, 6.07) is 11.4. The average Bonchev–Trinajstić information content (AvgIpc) is 3.44. The minimum Gasteiger partial charge on any atom is -0.469 e. The lowest BCUT2D eigenvalue weighted by molar-refractivity contribution is -0.147. The molecule has 4 rings (SSSR count). The molecule has 3 heterocycles. The van der Waals surface area contributed by atoms with Gasteiger partial charge >= 0.3 is 0 Å². The van der Waals surface area contributed by atoms with Crippen molar-refractivity contribution < 1.29 is 18.7 Å². The fraction of sp³-hybridized carbons (Fsp3) is 0.478. The quantitative estimate of drug-likeness (QED) is 0.780. The minimum atomic E-state index is -0.370. The van der Waals surface area contributed by atoms with Crippen molar-refractivity contribution >= 4 is 11.8 Å². The molecule has 1 unspecified atom stereocenters. The summed E-state index contributed by atoms with van der Waals surface area (Å²) in [6.45, 7) is 4.99. The number of nitrogens with zero attached hydrogens (tertiary/aromatic N) is 2. The fourth-order valence-corrected chi connectivity index (χ4v) is 4.26. The lowest BCUT2D eigenvalue weighted by atomic mass is 9.92. The van der Waals surface area contributed by atoms with Crippen molar-refractivity contribution in [3.63, 3.8) is 0 Å². The third-order valence-corrected chi connectivity index (χ3v) is 5.91. The molecule has 2 aliphatic rings.